The summed E-state index contributed by atoms with van der Waals surface area (Å²) in [6.07, 6.45) is 3.00. The van der Waals surface area contributed by atoms with E-state index in [2.05, 4.69) is 10.3 Å². The lowest BCUT2D eigenvalue weighted by atomic mass is 9.98. The predicted octanol–water partition coefficient (Wildman–Crippen LogP) is 5.21. The van der Waals surface area contributed by atoms with Gasteiger partial charge in [0.15, 0.2) is 5.43 Å². The van der Waals surface area contributed by atoms with Crippen LogP contribution in [-0.2, 0) is 0 Å². The van der Waals surface area contributed by atoms with E-state index in [9.17, 15) is 20.0 Å². The zero-order valence-electron chi connectivity index (χ0n) is 18.3. The molecule has 0 bridgehead atoms. The van der Waals surface area contributed by atoms with Gasteiger partial charge in [-0.05, 0) is 50.6 Å². The van der Waals surface area contributed by atoms with Crippen LogP contribution in [0, 0.1) is 25.2 Å². The molecule has 0 aliphatic rings. The number of benzene rings is 2. The number of para-hydroxylation sites is 1. The molecule has 0 saturated carbocycles. The second kappa shape index (κ2) is 8.60. The van der Waals surface area contributed by atoms with Crippen LogP contribution in [0.3, 0.4) is 0 Å². The van der Waals surface area contributed by atoms with E-state index in [0.717, 1.165) is 5.56 Å². The molecule has 164 valence electrons. The van der Waals surface area contributed by atoms with Gasteiger partial charge < -0.3 is 14.8 Å². The van der Waals surface area contributed by atoms with Crippen molar-refractivity contribution in [2.75, 3.05) is 5.32 Å². The van der Waals surface area contributed by atoms with Gasteiger partial charge in [-0.1, -0.05) is 18.2 Å². The van der Waals surface area contributed by atoms with Gasteiger partial charge in [0, 0.05) is 34.8 Å². The molecular weight excluding hydrogens is 418 g/mol. The summed E-state index contributed by atoms with van der Waals surface area (Å²) in [5.74, 6) is -0.686. The molecule has 0 aliphatic carbocycles. The Bertz CT molecular complexity index is 1500. The van der Waals surface area contributed by atoms with Crippen LogP contribution in [0.25, 0.3) is 22.3 Å². The first-order valence-corrected chi connectivity index (χ1v) is 10.3. The van der Waals surface area contributed by atoms with E-state index in [1.165, 1.54) is 12.3 Å². The van der Waals surface area contributed by atoms with Crippen LogP contribution in [0.1, 0.15) is 45.6 Å². The van der Waals surface area contributed by atoms with Crippen LogP contribution >= 0.6 is 0 Å². The molecule has 4 aromatic rings. The smallest absolute Gasteiger partial charge is 0.337 e. The summed E-state index contributed by atoms with van der Waals surface area (Å²) in [5.41, 5.74) is 3.77. The van der Waals surface area contributed by atoms with Crippen LogP contribution in [-0.4, -0.2) is 16.1 Å². The fourth-order valence-electron chi connectivity index (χ4n) is 3.90. The van der Waals surface area contributed by atoms with Crippen LogP contribution in [0.4, 0.5) is 5.69 Å². The van der Waals surface area contributed by atoms with Gasteiger partial charge in [-0.2, -0.15) is 5.26 Å². The highest BCUT2D eigenvalue weighted by atomic mass is 16.4. The van der Waals surface area contributed by atoms with E-state index >= 15 is 0 Å². The largest absolute Gasteiger partial charge is 0.478 e. The lowest BCUT2D eigenvalue weighted by Gasteiger charge is -2.20. The van der Waals surface area contributed by atoms with Crippen molar-refractivity contribution in [3.8, 4) is 17.4 Å². The number of anilines is 1. The summed E-state index contributed by atoms with van der Waals surface area (Å²) in [6, 6.07) is 13.7. The van der Waals surface area contributed by atoms with E-state index < -0.39 is 5.97 Å². The number of nitrogens with zero attached hydrogens (tertiary/aromatic N) is 2. The van der Waals surface area contributed by atoms with Gasteiger partial charge in [0.05, 0.1) is 22.6 Å². The van der Waals surface area contributed by atoms with Crippen LogP contribution in [0.15, 0.2) is 64.1 Å². The van der Waals surface area contributed by atoms with Crippen molar-refractivity contribution in [3.63, 3.8) is 0 Å². The molecule has 1 unspecified atom stereocenters. The van der Waals surface area contributed by atoms with Gasteiger partial charge in [-0.25, -0.2) is 4.79 Å². The Morgan fingerprint density at radius 2 is 1.94 bits per heavy atom. The second-order valence-corrected chi connectivity index (χ2v) is 7.91. The first-order chi connectivity index (χ1) is 15.8. The van der Waals surface area contributed by atoms with Crippen LogP contribution in [0.2, 0.25) is 0 Å². The van der Waals surface area contributed by atoms with Crippen molar-refractivity contribution in [3.05, 3.63) is 92.9 Å². The van der Waals surface area contributed by atoms with Gasteiger partial charge >= 0.3 is 5.97 Å². The molecule has 0 fully saturated rings. The Morgan fingerprint density at radius 3 is 2.67 bits per heavy atom. The van der Waals surface area contributed by atoms with Crippen molar-refractivity contribution in [2.24, 2.45) is 0 Å². The maximum Gasteiger partial charge on any atom is 0.337 e. The number of carboxylic acids is 1. The molecule has 0 saturated heterocycles. The molecule has 2 aromatic heterocycles. The summed E-state index contributed by atoms with van der Waals surface area (Å²) in [7, 11) is 0. The molecule has 0 amide bonds. The summed E-state index contributed by atoms with van der Waals surface area (Å²) in [5, 5.41) is 22.4. The number of pyridine rings is 1. The molecule has 7 heteroatoms. The standard InChI is InChI=1S/C26H21N3O4/c1-14-8-20(16(3)29-22-7-5-4-6-19(22)26(31)32)25-21(9-14)23(30)15(2)24(33-25)18-10-17(11-27)12-28-13-18/h4-10,12-13,16,29H,1-3H3,(H,31,32). The number of carbonyl (C=O) groups is 1. The average molecular weight is 439 g/mol. The number of nitrogens with one attached hydrogen (secondary N) is 1. The van der Waals surface area contributed by atoms with E-state index in [-0.39, 0.29) is 17.0 Å². The fraction of sp³-hybridized carbons (Fsp3) is 0.154. The third kappa shape index (κ3) is 4.06. The molecule has 1 atom stereocenters. The van der Waals surface area contributed by atoms with Crippen molar-refractivity contribution >= 4 is 22.6 Å². The Balaban J connectivity index is 1.90. The maximum absolute atomic E-state index is 13.3. The van der Waals surface area contributed by atoms with Crippen molar-refractivity contribution < 1.29 is 14.3 Å². The van der Waals surface area contributed by atoms with Crippen molar-refractivity contribution in [1.82, 2.24) is 4.98 Å². The quantitative estimate of drug-likeness (QED) is 0.438. The Hall–Kier alpha value is -4.44. The van der Waals surface area contributed by atoms with Gasteiger partial charge in [0.25, 0.3) is 0 Å². The summed E-state index contributed by atoms with van der Waals surface area (Å²) in [6.45, 7) is 5.46. The Labute approximate surface area is 190 Å². The zero-order valence-corrected chi connectivity index (χ0v) is 18.3. The van der Waals surface area contributed by atoms with E-state index in [1.807, 2.05) is 26.0 Å². The first kappa shape index (κ1) is 21.8. The first-order valence-electron chi connectivity index (χ1n) is 10.3. The van der Waals surface area contributed by atoms with Gasteiger partial charge in [0.2, 0.25) is 0 Å². The molecule has 2 N–H and O–H groups in total. The average Bonchev–Trinajstić information content (AvgIpc) is 2.81. The SMILES string of the molecule is Cc1cc(C(C)Nc2ccccc2C(=O)O)c2oc(-c3cncc(C#N)c3)c(C)c(=O)c2c1. The van der Waals surface area contributed by atoms with Crippen molar-refractivity contribution in [2.45, 2.75) is 26.8 Å². The van der Waals surface area contributed by atoms with Crippen molar-refractivity contribution in [1.29, 1.82) is 5.26 Å². The number of aromatic carboxylic acids is 1. The molecule has 0 radical (unpaired) electrons. The highest BCUT2D eigenvalue weighted by Gasteiger charge is 2.20. The molecular formula is C26H21N3O4. The monoisotopic (exact) mass is 439 g/mol. The number of nitriles is 1. The van der Waals surface area contributed by atoms with E-state index in [0.29, 0.717) is 44.7 Å². The third-order valence-electron chi connectivity index (χ3n) is 5.52. The summed E-state index contributed by atoms with van der Waals surface area (Å²) >= 11 is 0. The zero-order chi connectivity index (χ0) is 23.7. The predicted molar refractivity (Wildman–Crippen MR) is 125 cm³/mol. The normalized spacial score (nSPS) is 11.7. The van der Waals surface area contributed by atoms with E-state index in [1.54, 1.807) is 43.5 Å². The fourth-order valence-corrected chi connectivity index (χ4v) is 3.90. The third-order valence-corrected chi connectivity index (χ3v) is 5.52. The molecule has 2 heterocycles. The highest BCUT2D eigenvalue weighted by molar-refractivity contribution is 5.94. The second-order valence-electron chi connectivity index (χ2n) is 7.91. The Kier molecular flexibility index (Phi) is 5.67. The molecule has 33 heavy (non-hydrogen) atoms. The van der Waals surface area contributed by atoms with Gasteiger partial charge in [-0.15, -0.1) is 0 Å². The van der Waals surface area contributed by atoms with Gasteiger partial charge in [-0.3, -0.25) is 9.78 Å². The number of fused-ring (bicyclic) bond motifs is 1. The lowest BCUT2D eigenvalue weighted by molar-refractivity contribution is 0.0698. The Morgan fingerprint density at radius 1 is 1.18 bits per heavy atom. The highest BCUT2D eigenvalue weighted by Crippen LogP contribution is 2.32. The molecule has 4 rings (SSSR count). The van der Waals surface area contributed by atoms with Gasteiger partial charge in [0.1, 0.15) is 17.4 Å². The number of rotatable bonds is 5. The number of carboxylic acid groups (broad SMARTS) is 1. The summed E-state index contributed by atoms with van der Waals surface area (Å²) < 4.78 is 6.28. The minimum Gasteiger partial charge on any atom is -0.478 e. The summed E-state index contributed by atoms with van der Waals surface area (Å²) in [4.78, 5) is 29.0. The molecule has 7 nitrogen and oxygen atoms in total. The minimum absolute atomic E-state index is 0.152. The molecule has 2 aromatic carbocycles. The number of hydrogen-bond donors (Lipinski definition) is 2. The maximum atomic E-state index is 13.3. The van der Waals surface area contributed by atoms with E-state index in [4.69, 9.17) is 4.42 Å². The van der Waals surface area contributed by atoms with Crippen LogP contribution < -0.4 is 10.7 Å². The topological polar surface area (TPSA) is 116 Å². The minimum atomic E-state index is -1.03. The van der Waals surface area contributed by atoms with Crippen LogP contribution in [0.5, 0.6) is 0 Å². The number of hydrogen-bond acceptors (Lipinski definition) is 6. The molecule has 0 spiro atoms. The number of aryl methyl sites for hydroxylation is 1. The lowest BCUT2D eigenvalue weighted by Crippen LogP contribution is -2.14. The number of aromatic nitrogens is 1. The molecule has 0 aliphatic heterocycles.